The first-order chi connectivity index (χ1) is 4.86. The molecule has 0 unspecified atom stereocenters. The second-order valence-corrected chi connectivity index (χ2v) is 3.20. The number of nitrogens with one attached hydrogen (secondary N) is 1. The van der Waals surface area contributed by atoms with Crippen LogP contribution in [0, 0.1) is 0 Å². The van der Waals surface area contributed by atoms with Crippen LogP contribution in [0.2, 0.25) is 0 Å². The van der Waals surface area contributed by atoms with E-state index in [1.54, 1.807) is 11.3 Å². The van der Waals surface area contributed by atoms with Crippen molar-refractivity contribution in [1.29, 1.82) is 0 Å². The molecular weight excluding hydrogens is 144 g/mol. The SMILES string of the molecule is CC1=Nc2sccc2CN1. The number of aliphatic imine (C=N–C) groups is 1. The number of rotatable bonds is 0. The van der Waals surface area contributed by atoms with Gasteiger partial charge in [-0.1, -0.05) is 0 Å². The summed E-state index contributed by atoms with van der Waals surface area (Å²) >= 11 is 1.70. The maximum atomic E-state index is 4.33. The molecule has 2 nitrogen and oxygen atoms in total. The van der Waals surface area contributed by atoms with Crippen LogP contribution in [0.3, 0.4) is 0 Å². The first-order valence-corrected chi connectivity index (χ1v) is 4.10. The van der Waals surface area contributed by atoms with Crippen molar-refractivity contribution in [2.45, 2.75) is 13.5 Å². The smallest absolute Gasteiger partial charge is 0.123 e. The summed E-state index contributed by atoms with van der Waals surface area (Å²) in [5.41, 5.74) is 1.32. The van der Waals surface area contributed by atoms with Crippen molar-refractivity contribution in [2.24, 2.45) is 4.99 Å². The van der Waals surface area contributed by atoms with Gasteiger partial charge in [0, 0.05) is 12.1 Å². The lowest BCUT2D eigenvalue weighted by Gasteiger charge is -2.10. The van der Waals surface area contributed by atoms with E-state index in [2.05, 4.69) is 21.8 Å². The van der Waals surface area contributed by atoms with Crippen LogP contribution in [-0.2, 0) is 6.54 Å². The Bertz CT molecular complexity index is 275. The van der Waals surface area contributed by atoms with Gasteiger partial charge < -0.3 is 5.32 Å². The van der Waals surface area contributed by atoms with E-state index in [-0.39, 0.29) is 0 Å². The second-order valence-electron chi connectivity index (χ2n) is 2.30. The molecule has 10 heavy (non-hydrogen) atoms. The molecule has 0 saturated heterocycles. The van der Waals surface area contributed by atoms with Crippen molar-refractivity contribution in [3.05, 3.63) is 17.0 Å². The largest absolute Gasteiger partial charge is 0.370 e. The van der Waals surface area contributed by atoms with Crippen LogP contribution in [0.4, 0.5) is 5.00 Å². The molecule has 1 aliphatic heterocycles. The van der Waals surface area contributed by atoms with Crippen molar-refractivity contribution >= 4 is 22.2 Å². The van der Waals surface area contributed by atoms with Crippen molar-refractivity contribution < 1.29 is 0 Å². The lowest BCUT2D eigenvalue weighted by Crippen LogP contribution is -2.21. The van der Waals surface area contributed by atoms with E-state index >= 15 is 0 Å². The molecule has 0 aliphatic carbocycles. The van der Waals surface area contributed by atoms with Crippen LogP contribution < -0.4 is 5.32 Å². The molecule has 1 aromatic rings. The lowest BCUT2D eigenvalue weighted by atomic mass is 10.3. The maximum Gasteiger partial charge on any atom is 0.123 e. The minimum Gasteiger partial charge on any atom is -0.370 e. The Kier molecular flexibility index (Phi) is 1.24. The number of fused-ring (bicyclic) bond motifs is 1. The van der Waals surface area contributed by atoms with Crippen LogP contribution in [0.1, 0.15) is 12.5 Å². The minimum atomic E-state index is 0.939. The molecule has 1 N–H and O–H groups in total. The quantitative estimate of drug-likeness (QED) is 0.603. The Balaban J connectivity index is 2.50. The van der Waals surface area contributed by atoms with Crippen LogP contribution in [0.15, 0.2) is 16.4 Å². The van der Waals surface area contributed by atoms with Crippen LogP contribution >= 0.6 is 11.3 Å². The van der Waals surface area contributed by atoms with Gasteiger partial charge in [-0.05, 0) is 18.4 Å². The van der Waals surface area contributed by atoms with Crippen molar-refractivity contribution in [3.63, 3.8) is 0 Å². The number of hydrogen-bond donors (Lipinski definition) is 1. The van der Waals surface area contributed by atoms with E-state index in [9.17, 15) is 0 Å². The monoisotopic (exact) mass is 152 g/mol. The third kappa shape index (κ3) is 0.827. The molecule has 0 amide bonds. The Labute approximate surface area is 63.6 Å². The topological polar surface area (TPSA) is 24.4 Å². The number of nitrogens with zero attached hydrogens (tertiary/aromatic N) is 1. The number of hydrogen-bond acceptors (Lipinski definition) is 3. The van der Waals surface area contributed by atoms with E-state index in [4.69, 9.17) is 0 Å². The van der Waals surface area contributed by atoms with E-state index in [1.165, 1.54) is 5.56 Å². The van der Waals surface area contributed by atoms with Gasteiger partial charge in [0.05, 0.1) is 0 Å². The lowest BCUT2D eigenvalue weighted by molar-refractivity contribution is 0.895. The average Bonchev–Trinajstić information content (AvgIpc) is 2.33. The fourth-order valence-corrected chi connectivity index (χ4v) is 1.82. The van der Waals surface area contributed by atoms with Gasteiger partial charge in [0.25, 0.3) is 0 Å². The van der Waals surface area contributed by atoms with E-state index in [1.807, 2.05) is 6.92 Å². The molecule has 0 bridgehead atoms. The standard InChI is InChI=1S/C7H8N2S/c1-5-8-4-6-2-3-10-7(6)9-5/h2-3H,4H2,1H3,(H,8,9). The van der Waals surface area contributed by atoms with E-state index in [0.717, 1.165) is 17.4 Å². The normalized spacial score (nSPS) is 15.5. The van der Waals surface area contributed by atoms with Gasteiger partial charge in [-0.15, -0.1) is 11.3 Å². The van der Waals surface area contributed by atoms with Gasteiger partial charge in [-0.3, -0.25) is 0 Å². The zero-order chi connectivity index (χ0) is 6.97. The Hall–Kier alpha value is -0.830. The Morgan fingerprint density at radius 2 is 2.60 bits per heavy atom. The summed E-state index contributed by atoms with van der Waals surface area (Å²) in [6.45, 7) is 2.93. The molecule has 0 radical (unpaired) electrons. The summed E-state index contributed by atoms with van der Waals surface area (Å²) in [6.07, 6.45) is 0. The predicted octanol–water partition coefficient (Wildman–Crippen LogP) is 1.90. The highest BCUT2D eigenvalue weighted by atomic mass is 32.1. The van der Waals surface area contributed by atoms with Crippen molar-refractivity contribution in [1.82, 2.24) is 5.32 Å². The van der Waals surface area contributed by atoms with Crippen LogP contribution in [0.25, 0.3) is 0 Å². The molecule has 0 aromatic carbocycles. The molecule has 1 aliphatic rings. The maximum absolute atomic E-state index is 4.33. The molecule has 3 heteroatoms. The first-order valence-electron chi connectivity index (χ1n) is 3.22. The molecule has 2 heterocycles. The number of amidine groups is 1. The van der Waals surface area contributed by atoms with Gasteiger partial charge in [-0.2, -0.15) is 0 Å². The highest BCUT2D eigenvalue weighted by Gasteiger charge is 2.07. The summed E-state index contributed by atoms with van der Waals surface area (Å²) in [6, 6.07) is 2.11. The van der Waals surface area contributed by atoms with Crippen molar-refractivity contribution in [3.8, 4) is 0 Å². The molecule has 1 aromatic heterocycles. The molecule has 0 atom stereocenters. The molecule has 52 valence electrons. The molecule has 0 saturated carbocycles. The summed E-state index contributed by atoms with van der Waals surface area (Å²) < 4.78 is 0. The molecule has 2 rings (SSSR count). The Morgan fingerprint density at radius 1 is 1.70 bits per heavy atom. The van der Waals surface area contributed by atoms with E-state index < -0.39 is 0 Å². The van der Waals surface area contributed by atoms with Crippen LogP contribution in [0.5, 0.6) is 0 Å². The third-order valence-corrected chi connectivity index (χ3v) is 2.38. The third-order valence-electron chi connectivity index (χ3n) is 1.53. The van der Waals surface area contributed by atoms with Gasteiger partial charge in [-0.25, -0.2) is 4.99 Å². The summed E-state index contributed by atoms with van der Waals surface area (Å²) in [5, 5.41) is 6.42. The zero-order valence-electron chi connectivity index (χ0n) is 5.72. The predicted molar refractivity (Wildman–Crippen MR) is 43.9 cm³/mol. The van der Waals surface area contributed by atoms with Gasteiger partial charge >= 0.3 is 0 Å². The molecular formula is C7H8N2S. The fourth-order valence-electron chi connectivity index (χ4n) is 0.975. The molecule has 0 spiro atoms. The van der Waals surface area contributed by atoms with Crippen LogP contribution in [-0.4, -0.2) is 5.84 Å². The van der Waals surface area contributed by atoms with E-state index in [0.29, 0.717) is 0 Å². The highest BCUT2D eigenvalue weighted by Crippen LogP contribution is 2.28. The summed E-state index contributed by atoms with van der Waals surface area (Å²) in [4.78, 5) is 4.33. The zero-order valence-corrected chi connectivity index (χ0v) is 6.53. The van der Waals surface area contributed by atoms with Gasteiger partial charge in [0.15, 0.2) is 0 Å². The summed E-state index contributed by atoms with van der Waals surface area (Å²) in [7, 11) is 0. The molecule has 0 fully saturated rings. The Morgan fingerprint density at radius 3 is 3.50 bits per heavy atom. The number of thiophene rings is 1. The first kappa shape index (κ1) is 5.92. The summed E-state index contributed by atoms with van der Waals surface area (Å²) in [5.74, 6) is 1.02. The highest BCUT2D eigenvalue weighted by molar-refractivity contribution is 7.14. The van der Waals surface area contributed by atoms with Gasteiger partial charge in [0.2, 0.25) is 0 Å². The minimum absolute atomic E-state index is 0.939. The van der Waals surface area contributed by atoms with Crippen molar-refractivity contribution in [2.75, 3.05) is 0 Å². The second kappa shape index (κ2) is 2.09. The van der Waals surface area contributed by atoms with Gasteiger partial charge in [0.1, 0.15) is 10.8 Å². The average molecular weight is 152 g/mol. The fraction of sp³-hybridized carbons (Fsp3) is 0.286.